The minimum absolute atomic E-state index is 0.227. The van der Waals surface area contributed by atoms with E-state index in [1.54, 1.807) is 18.4 Å². The van der Waals surface area contributed by atoms with Crippen LogP contribution < -0.4 is 10.5 Å². The number of thiophene rings is 1. The molecule has 0 amide bonds. The lowest BCUT2D eigenvalue weighted by atomic mass is 10.1. The van der Waals surface area contributed by atoms with Crippen molar-refractivity contribution in [3.05, 3.63) is 21.4 Å². The molecule has 0 radical (unpaired) electrons. The molecule has 1 heterocycles. The summed E-state index contributed by atoms with van der Waals surface area (Å²) in [4.78, 5) is 2.34. The second-order valence-corrected chi connectivity index (χ2v) is 7.95. The quantitative estimate of drug-likeness (QED) is 0.802. The first-order valence-corrected chi connectivity index (χ1v) is 8.54. The smallest absolute Gasteiger partial charge is 0.279 e. The Morgan fingerprint density at radius 2 is 2.11 bits per heavy atom. The van der Waals surface area contributed by atoms with Crippen molar-refractivity contribution < 1.29 is 8.42 Å². The molecule has 7 heteroatoms. The molecule has 5 nitrogen and oxygen atoms in total. The molecule has 0 saturated carbocycles. The van der Waals surface area contributed by atoms with E-state index < -0.39 is 10.2 Å². The van der Waals surface area contributed by atoms with Crippen LogP contribution in [0.2, 0.25) is 0 Å². The van der Waals surface area contributed by atoms with Gasteiger partial charge >= 0.3 is 0 Å². The maximum Gasteiger partial charge on any atom is 0.279 e. The van der Waals surface area contributed by atoms with Gasteiger partial charge in [-0.1, -0.05) is 0 Å². The first-order chi connectivity index (χ1) is 8.77. The molecule has 0 spiro atoms. The number of aryl methyl sites for hydroxylation is 2. The van der Waals surface area contributed by atoms with E-state index in [0.29, 0.717) is 19.5 Å². The number of hydrogen-bond acceptors (Lipinski definition) is 4. The van der Waals surface area contributed by atoms with Gasteiger partial charge in [0.1, 0.15) is 0 Å². The molecule has 0 bridgehead atoms. The van der Waals surface area contributed by atoms with Gasteiger partial charge < -0.3 is 5.73 Å². The Kier molecular flexibility index (Phi) is 5.94. The van der Waals surface area contributed by atoms with Crippen molar-refractivity contribution in [2.45, 2.75) is 33.2 Å². The summed E-state index contributed by atoms with van der Waals surface area (Å²) in [5, 5.41) is 0. The number of nitrogens with two attached hydrogens (primary N) is 1. The molecule has 1 unspecified atom stereocenters. The number of rotatable bonds is 7. The molecule has 19 heavy (non-hydrogen) atoms. The van der Waals surface area contributed by atoms with Crippen LogP contribution in [-0.2, 0) is 10.2 Å². The van der Waals surface area contributed by atoms with E-state index in [2.05, 4.69) is 4.72 Å². The van der Waals surface area contributed by atoms with Gasteiger partial charge in [0.25, 0.3) is 10.2 Å². The van der Waals surface area contributed by atoms with Crippen LogP contribution in [0.4, 0.5) is 0 Å². The third-order valence-corrected chi connectivity index (χ3v) is 5.60. The Balaban J connectivity index is 2.75. The predicted octanol–water partition coefficient (Wildman–Crippen LogP) is 1.54. The van der Waals surface area contributed by atoms with Gasteiger partial charge in [-0.05, 0) is 45.4 Å². The molecular weight excluding hydrogens is 282 g/mol. The Hall–Kier alpha value is -0.470. The second kappa shape index (κ2) is 6.81. The number of hydrogen-bond donors (Lipinski definition) is 2. The lowest BCUT2D eigenvalue weighted by Crippen LogP contribution is -2.40. The number of nitrogens with one attached hydrogen (secondary N) is 1. The average molecular weight is 305 g/mol. The van der Waals surface area contributed by atoms with Gasteiger partial charge in [0.2, 0.25) is 0 Å². The average Bonchev–Trinajstić information content (AvgIpc) is 2.64. The highest BCUT2D eigenvalue weighted by atomic mass is 32.2. The normalized spacial score (nSPS) is 14.0. The maximum atomic E-state index is 12.1. The molecule has 3 N–H and O–H groups in total. The van der Waals surface area contributed by atoms with E-state index in [4.69, 9.17) is 5.73 Å². The van der Waals surface area contributed by atoms with Crippen LogP contribution in [0.1, 0.15) is 34.7 Å². The summed E-state index contributed by atoms with van der Waals surface area (Å²) in [6, 6.07) is 1.81. The van der Waals surface area contributed by atoms with Crippen molar-refractivity contribution in [1.82, 2.24) is 9.03 Å². The van der Waals surface area contributed by atoms with E-state index in [1.165, 1.54) is 9.18 Å². The largest absolute Gasteiger partial charge is 0.330 e. The van der Waals surface area contributed by atoms with E-state index in [1.807, 2.05) is 26.8 Å². The Bertz CT molecular complexity index is 511. The second-order valence-electron chi connectivity index (χ2n) is 4.68. The van der Waals surface area contributed by atoms with Gasteiger partial charge in [0, 0.05) is 29.4 Å². The van der Waals surface area contributed by atoms with Crippen molar-refractivity contribution in [3.63, 3.8) is 0 Å². The Labute approximate surface area is 120 Å². The molecule has 0 fully saturated rings. The van der Waals surface area contributed by atoms with Crippen LogP contribution in [0, 0.1) is 13.8 Å². The molecule has 110 valence electrons. The monoisotopic (exact) mass is 305 g/mol. The van der Waals surface area contributed by atoms with Crippen LogP contribution in [-0.4, -0.2) is 32.9 Å². The van der Waals surface area contributed by atoms with Crippen LogP contribution in [0.15, 0.2) is 6.07 Å². The summed E-state index contributed by atoms with van der Waals surface area (Å²) in [7, 11) is -1.89. The minimum atomic E-state index is -3.46. The predicted molar refractivity (Wildman–Crippen MR) is 80.6 cm³/mol. The third kappa shape index (κ3) is 4.54. The molecule has 1 aromatic rings. The zero-order valence-corrected chi connectivity index (χ0v) is 13.6. The van der Waals surface area contributed by atoms with Crippen LogP contribution in [0.5, 0.6) is 0 Å². The van der Waals surface area contributed by atoms with Crippen molar-refractivity contribution >= 4 is 21.5 Å². The highest BCUT2D eigenvalue weighted by Crippen LogP contribution is 2.26. The summed E-state index contributed by atoms with van der Waals surface area (Å²) in [6.07, 6.45) is 0.655. The van der Waals surface area contributed by atoms with Crippen LogP contribution in [0.25, 0.3) is 0 Å². The van der Waals surface area contributed by atoms with E-state index >= 15 is 0 Å². The standard InChI is InChI=1S/C12H23N3O2S2/c1-9-8-12(11(3)18-9)10(2)14-19(16,17)15(4)7-5-6-13/h8,10,14H,5-7,13H2,1-4H3. The summed E-state index contributed by atoms with van der Waals surface area (Å²) in [6.45, 7) is 6.81. The van der Waals surface area contributed by atoms with E-state index in [9.17, 15) is 8.42 Å². The lowest BCUT2D eigenvalue weighted by Gasteiger charge is -2.21. The molecule has 1 atom stereocenters. The van der Waals surface area contributed by atoms with Gasteiger partial charge in [0.05, 0.1) is 0 Å². The van der Waals surface area contributed by atoms with Crippen molar-refractivity contribution in [2.75, 3.05) is 20.1 Å². The number of nitrogens with zero attached hydrogens (tertiary/aromatic N) is 1. The fourth-order valence-corrected chi connectivity index (χ4v) is 4.04. The van der Waals surface area contributed by atoms with Gasteiger partial charge in [-0.3, -0.25) is 0 Å². The highest BCUT2D eigenvalue weighted by Gasteiger charge is 2.22. The van der Waals surface area contributed by atoms with E-state index in [-0.39, 0.29) is 6.04 Å². The van der Waals surface area contributed by atoms with Gasteiger partial charge in [0.15, 0.2) is 0 Å². The lowest BCUT2D eigenvalue weighted by molar-refractivity contribution is 0.446. The molecule has 0 aliphatic rings. The van der Waals surface area contributed by atoms with Crippen molar-refractivity contribution in [2.24, 2.45) is 5.73 Å². The summed E-state index contributed by atoms with van der Waals surface area (Å²) in [5.74, 6) is 0. The molecule has 0 aromatic carbocycles. The summed E-state index contributed by atoms with van der Waals surface area (Å²) >= 11 is 1.68. The van der Waals surface area contributed by atoms with Crippen molar-refractivity contribution in [1.29, 1.82) is 0 Å². The zero-order valence-electron chi connectivity index (χ0n) is 11.9. The summed E-state index contributed by atoms with van der Waals surface area (Å²) in [5.41, 5.74) is 6.43. The SMILES string of the molecule is Cc1cc(C(C)NS(=O)(=O)N(C)CCCN)c(C)s1. The molecule has 0 saturated heterocycles. The highest BCUT2D eigenvalue weighted by molar-refractivity contribution is 7.87. The maximum absolute atomic E-state index is 12.1. The van der Waals surface area contributed by atoms with Crippen LogP contribution >= 0.6 is 11.3 Å². The zero-order chi connectivity index (χ0) is 14.6. The molecule has 0 aliphatic carbocycles. The van der Waals surface area contributed by atoms with Gasteiger partial charge in [-0.25, -0.2) is 0 Å². The topological polar surface area (TPSA) is 75.4 Å². The first-order valence-electron chi connectivity index (χ1n) is 6.28. The first kappa shape index (κ1) is 16.6. The minimum Gasteiger partial charge on any atom is -0.330 e. The van der Waals surface area contributed by atoms with Crippen LogP contribution in [0.3, 0.4) is 0 Å². The van der Waals surface area contributed by atoms with Crippen molar-refractivity contribution in [3.8, 4) is 0 Å². The Morgan fingerprint density at radius 3 is 2.58 bits per heavy atom. The fraction of sp³-hybridized carbons (Fsp3) is 0.667. The van der Waals surface area contributed by atoms with Gasteiger partial charge in [-0.2, -0.15) is 17.4 Å². The third-order valence-electron chi connectivity index (χ3n) is 2.96. The Morgan fingerprint density at radius 1 is 1.47 bits per heavy atom. The molecule has 1 aromatic heterocycles. The van der Waals surface area contributed by atoms with Gasteiger partial charge in [-0.15, -0.1) is 11.3 Å². The molecule has 1 rings (SSSR count). The fourth-order valence-electron chi connectivity index (χ4n) is 1.89. The molecular formula is C12H23N3O2S2. The summed E-state index contributed by atoms with van der Waals surface area (Å²) < 4.78 is 28.2. The van der Waals surface area contributed by atoms with E-state index in [0.717, 1.165) is 10.4 Å². The molecule has 0 aliphatic heterocycles.